The quantitative estimate of drug-likeness (QED) is 0.742. The molecule has 6 heteroatoms. The van der Waals surface area contributed by atoms with E-state index in [9.17, 15) is 9.18 Å². The number of aromatic nitrogens is 2. The van der Waals surface area contributed by atoms with E-state index in [4.69, 9.17) is 0 Å². The molecule has 3 rings (SSSR count). The molecule has 26 heavy (non-hydrogen) atoms. The highest BCUT2D eigenvalue weighted by atomic mass is 19.1. The van der Waals surface area contributed by atoms with Crippen molar-refractivity contribution >= 4 is 5.91 Å². The van der Waals surface area contributed by atoms with Crippen LogP contribution >= 0.6 is 0 Å². The third-order valence-corrected chi connectivity index (χ3v) is 4.19. The summed E-state index contributed by atoms with van der Waals surface area (Å²) >= 11 is 0. The summed E-state index contributed by atoms with van der Waals surface area (Å²) in [4.78, 5) is 18.5. The van der Waals surface area contributed by atoms with Gasteiger partial charge in [-0.1, -0.05) is 36.4 Å². The number of likely N-dealkylation sites (N-methyl/N-ethyl adjacent to an activating group) is 1. The minimum absolute atomic E-state index is 0.250. The number of hydrogen-bond donors (Lipinski definition) is 1. The topological polar surface area (TPSA) is 50.2 Å². The van der Waals surface area contributed by atoms with E-state index in [1.807, 2.05) is 35.0 Å². The monoisotopic (exact) mass is 352 g/mol. The highest BCUT2D eigenvalue weighted by molar-refractivity contribution is 5.83. The van der Waals surface area contributed by atoms with Gasteiger partial charge in [-0.3, -0.25) is 9.69 Å². The average Bonchev–Trinajstić information content (AvgIpc) is 3.16. The van der Waals surface area contributed by atoms with Crippen molar-refractivity contribution in [1.82, 2.24) is 19.8 Å². The van der Waals surface area contributed by atoms with Crippen LogP contribution in [0.25, 0.3) is 5.69 Å². The fourth-order valence-electron chi connectivity index (χ4n) is 2.94. The van der Waals surface area contributed by atoms with Gasteiger partial charge in [0.05, 0.1) is 12.0 Å². The Labute approximate surface area is 152 Å². The molecule has 0 saturated heterocycles. The van der Waals surface area contributed by atoms with Gasteiger partial charge in [0.1, 0.15) is 11.9 Å². The molecule has 0 fully saturated rings. The summed E-state index contributed by atoms with van der Waals surface area (Å²) in [6.07, 6.45) is 5.26. The number of carbonyl (C=O) groups is 1. The van der Waals surface area contributed by atoms with Crippen molar-refractivity contribution in [2.45, 2.75) is 12.6 Å². The number of hydrogen-bond acceptors (Lipinski definition) is 3. The Morgan fingerprint density at radius 2 is 1.92 bits per heavy atom. The minimum Gasteiger partial charge on any atom is -0.350 e. The van der Waals surface area contributed by atoms with Crippen LogP contribution in [0.4, 0.5) is 4.39 Å². The number of benzene rings is 2. The van der Waals surface area contributed by atoms with E-state index < -0.39 is 6.04 Å². The van der Waals surface area contributed by atoms with Crippen LogP contribution in [0, 0.1) is 5.82 Å². The Kier molecular flexibility index (Phi) is 5.43. The van der Waals surface area contributed by atoms with Gasteiger partial charge in [-0.05, 0) is 31.8 Å². The molecule has 1 heterocycles. The predicted molar refractivity (Wildman–Crippen MR) is 98.2 cm³/mol. The maximum absolute atomic E-state index is 14.2. The Balaban J connectivity index is 1.79. The molecule has 0 aliphatic heterocycles. The van der Waals surface area contributed by atoms with Crippen molar-refractivity contribution in [2.24, 2.45) is 0 Å². The lowest BCUT2D eigenvalue weighted by atomic mass is 10.0. The fourth-order valence-corrected chi connectivity index (χ4v) is 2.94. The van der Waals surface area contributed by atoms with E-state index in [-0.39, 0.29) is 11.7 Å². The normalized spacial score (nSPS) is 12.2. The maximum atomic E-state index is 14.2. The van der Waals surface area contributed by atoms with E-state index in [1.165, 1.54) is 6.07 Å². The molecule has 0 aliphatic carbocycles. The highest BCUT2D eigenvalue weighted by Gasteiger charge is 2.25. The molecule has 0 bridgehead atoms. The lowest BCUT2D eigenvalue weighted by Gasteiger charge is -2.24. The zero-order valence-corrected chi connectivity index (χ0v) is 14.8. The summed E-state index contributed by atoms with van der Waals surface area (Å²) in [5.41, 5.74) is 2.25. The zero-order chi connectivity index (χ0) is 18.5. The van der Waals surface area contributed by atoms with Gasteiger partial charge in [0.2, 0.25) is 5.91 Å². The van der Waals surface area contributed by atoms with E-state index in [1.54, 1.807) is 49.7 Å². The molecule has 2 aromatic carbocycles. The molecule has 1 aromatic heterocycles. The Morgan fingerprint density at radius 3 is 2.62 bits per heavy atom. The van der Waals surface area contributed by atoms with Crippen LogP contribution < -0.4 is 5.32 Å². The summed E-state index contributed by atoms with van der Waals surface area (Å²) in [6, 6.07) is 13.4. The highest BCUT2D eigenvalue weighted by Crippen LogP contribution is 2.22. The number of para-hydroxylation sites is 1. The van der Waals surface area contributed by atoms with Crippen LogP contribution in [-0.4, -0.2) is 34.5 Å². The maximum Gasteiger partial charge on any atom is 0.242 e. The first kappa shape index (κ1) is 17.8. The van der Waals surface area contributed by atoms with Crippen LogP contribution in [0.5, 0.6) is 0 Å². The molecule has 0 unspecified atom stereocenters. The van der Waals surface area contributed by atoms with Gasteiger partial charge < -0.3 is 9.88 Å². The molecule has 0 aliphatic rings. The van der Waals surface area contributed by atoms with Crippen LogP contribution in [0.3, 0.4) is 0 Å². The number of halogens is 1. The lowest BCUT2D eigenvalue weighted by molar-refractivity contribution is -0.126. The summed E-state index contributed by atoms with van der Waals surface area (Å²) in [5.74, 6) is -0.638. The molecule has 1 amide bonds. The van der Waals surface area contributed by atoms with E-state index in [0.29, 0.717) is 12.1 Å². The van der Waals surface area contributed by atoms with Crippen LogP contribution in [0.15, 0.2) is 67.3 Å². The van der Waals surface area contributed by atoms with Crippen molar-refractivity contribution < 1.29 is 9.18 Å². The third kappa shape index (κ3) is 3.81. The second-order valence-electron chi connectivity index (χ2n) is 6.20. The summed E-state index contributed by atoms with van der Waals surface area (Å²) in [6.45, 7) is 0.339. The molecule has 134 valence electrons. The number of imidazole rings is 1. The smallest absolute Gasteiger partial charge is 0.242 e. The number of amides is 1. The fraction of sp³-hybridized carbons (Fsp3) is 0.200. The Bertz CT molecular complexity index is 877. The third-order valence-electron chi connectivity index (χ3n) is 4.19. The van der Waals surface area contributed by atoms with Gasteiger partial charge in [-0.15, -0.1) is 0 Å². The van der Waals surface area contributed by atoms with Gasteiger partial charge in [0.25, 0.3) is 0 Å². The molecule has 0 spiro atoms. The second-order valence-corrected chi connectivity index (χ2v) is 6.20. The molecule has 0 radical (unpaired) electrons. The second kappa shape index (κ2) is 7.93. The van der Waals surface area contributed by atoms with Gasteiger partial charge in [-0.2, -0.15) is 0 Å². The van der Waals surface area contributed by atoms with Crippen LogP contribution in [0.2, 0.25) is 0 Å². The molecule has 1 N–H and O–H groups in total. The minimum atomic E-state index is -0.698. The first-order valence-corrected chi connectivity index (χ1v) is 8.32. The van der Waals surface area contributed by atoms with Crippen molar-refractivity contribution in [3.05, 3.63) is 84.2 Å². The van der Waals surface area contributed by atoms with Gasteiger partial charge in [0.15, 0.2) is 0 Å². The van der Waals surface area contributed by atoms with Crippen LogP contribution in [0.1, 0.15) is 17.2 Å². The largest absolute Gasteiger partial charge is 0.350 e. The number of carbonyl (C=O) groups excluding carboxylic acids is 1. The van der Waals surface area contributed by atoms with E-state index >= 15 is 0 Å². The molecule has 3 aromatic rings. The molecular formula is C20H21FN4O. The molecular weight excluding hydrogens is 331 g/mol. The lowest BCUT2D eigenvalue weighted by Crippen LogP contribution is -2.37. The van der Waals surface area contributed by atoms with Crippen molar-refractivity contribution in [1.29, 1.82) is 0 Å². The van der Waals surface area contributed by atoms with Crippen molar-refractivity contribution in [3.8, 4) is 5.69 Å². The number of rotatable bonds is 6. The van der Waals surface area contributed by atoms with Gasteiger partial charge in [-0.25, -0.2) is 9.37 Å². The Hall–Kier alpha value is -2.99. The van der Waals surface area contributed by atoms with E-state index in [0.717, 1.165) is 11.3 Å². The standard InChI is InChI=1S/C20H21FN4O/c1-24(2)19(16-8-4-5-9-17(16)21)20(26)23-13-15-7-3-6-10-18(15)25-12-11-22-14-25/h3-12,14,19H,13H2,1-2H3,(H,23,26)/t19-/m0/s1. The van der Waals surface area contributed by atoms with Crippen molar-refractivity contribution in [3.63, 3.8) is 0 Å². The summed E-state index contributed by atoms with van der Waals surface area (Å²) < 4.78 is 16.0. The number of nitrogens with zero attached hydrogens (tertiary/aromatic N) is 3. The number of nitrogens with one attached hydrogen (secondary N) is 1. The zero-order valence-electron chi connectivity index (χ0n) is 14.8. The average molecular weight is 352 g/mol. The summed E-state index contributed by atoms with van der Waals surface area (Å²) in [5, 5.41) is 2.93. The van der Waals surface area contributed by atoms with E-state index in [2.05, 4.69) is 10.3 Å². The van der Waals surface area contributed by atoms with Crippen molar-refractivity contribution in [2.75, 3.05) is 14.1 Å². The van der Waals surface area contributed by atoms with Gasteiger partial charge in [0, 0.05) is 24.5 Å². The first-order chi connectivity index (χ1) is 12.6. The van der Waals surface area contributed by atoms with Crippen LogP contribution in [-0.2, 0) is 11.3 Å². The molecule has 5 nitrogen and oxygen atoms in total. The van der Waals surface area contributed by atoms with Gasteiger partial charge >= 0.3 is 0 Å². The summed E-state index contributed by atoms with van der Waals surface area (Å²) in [7, 11) is 3.52. The molecule has 0 saturated carbocycles. The SMILES string of the molecule is CN(C)[C@H](C(=O)NCc1ccccc1-n1ccnc1)c1ccccc1F. The first-order valence-electron chi connectivity index (χ1n) is 8.32. The Morgan fingerprint density at radius 1 is 1.19 bits per heavy atom. The molecule has 1 atom stereocenters. The predicted octanol–water partition coefficient (Wildman–Crippen LogP) is 2.93.